The van der Waals surface area contributed by atoms with Gasteiger partial charge in [0.2, 0.25) is 11.8 Å². The van der Waals surface area contributed by atoms with Crippen molar-refractivity contribution in [3.8, 4) is 11.5 Å². The first-order valence-corrected chi connectivity index (χ1v) is 10.0. The lowest BCUT2D eigenvalue weighted by molar-refractivity contribution is -0.124. The fourth-order valence-electron chi connectivity index (χ4n) is 2.57. The summed E-state index contributed by atoms with van der Waals surface area (Å²) < 4.78 is 11.6. The molecule has 2 amide bonds. The molecule has 0 spiro atoms. The Bertz CT molecular complexity index is 928. The quantitative estimate of drug-likeness (QED) is 0.321. The lowest BCUT2D eigenvalue weighted by Gasteiger charge is -2.10. The van der Waals surface area contributed by atoms with E-state index in [1.807, 2.05) is 25.1 Å². The van der Waals surface area contributed by atoms with Crippen LogP contribution < -0.4 is 20.2 Å². The highest BCUT2D eigenvalue weighted by Gasteiger charge is 2.11. The molecule has 29 heavy (non-hydrogen) atoms. The molecule has 154 valence electrons. The minimum Gasteiger partial charge on any atom is -0.497 e. The molecule has 0 saturated heterocycles. The predicted molar refractivity (Wildman–Crippen MR) is 122 cm³/mol. The molecule has 0 bridgehead atoms. The number of rotatable bonds is 8. The summed E-state index contributed by atoms with van der Waals surface area (Å²) in [4.78, 5) is 24.2. The van der Waals surface area contributed by atoms with E-state index in [0.717, 1.165) is 20.4 Å². The molecule has 0 saturated carbocycles. The summed E-state index contributed by atoms with van der Waals surface area (Å²) in [5.41, 5.74) is 5.52. The Hall–Kier alpha value is -2.62. The number of aryl methyl sites for hydroxylation is 1. The van der Waals surface area contributed by atoms with Crippen molar-refractivity contribution < 1.29 is 19.1 Å². The Morgan fingerprint density at radius 3 is 2.41 bits per heavy atom. The number of carbonyl (C=O) groups excluding carboxylic acids is 2. The van der Waals surface area contributed by atoms with Gasteiger partial charge in [0, 0.05) is 33.7 Å². The zero-order valence-corrected chi connectivity index (χ0v) is 19.0. The van der Waals surface area contributed by atoms with Crippen LogP contribution in [0.1, 0.15) is 30.9 Å². The van der Waals surface area contributed by atoms with Gasteiger partial charge in [-0.25, -0.2) is 5.43 Å². The number of carbonyl (C=O) groups is 2. The SMILES string of the molecule is COc1ccc(C(C)=NNC(=O)CCC(=O)Nc2ccc(I)cc2C)c(OC)c1. The van der Waals surface area contributed by atoms with Gasteiger partial charge in [-0.05, 0) is 72.3 Å². The molecule has 0 aliphatic rings. The number of benzene rings is 2. The van der Waals surface area contributed by atoms with Gasteiger partial charge in [-0.2, -0.15) is 5.10 Å². The van der Waals surface area contributed by atoms with Gasteiger partial charge in [0.1, 0.15) is 11.5 Å². The van der Waals surface area contributed by atoms with E-state index in [-0.39, 0.29) is 24.7 Å². The van der Waals surface area contributed by atoms with E-state index in [9.17, 15) is 9.59 Å². The molecule has 0 fully saturated rings. The molecule has 2 N–H and O–H groups in total. The van der Waals surface area contributed by atoms with Crippen molar-refractivity contribution in [2.24, 2.45) is 5.10 Å². The van der Waals surface area contributed by atoms with Crippen molar-refractivity contribution in [2.75, 3.05) is 19.5 Å². The molecular formula is C21H24IN3O4. The van der Waals surface area contributed by atoms with Gasteiger partial charge in [-0.15, -0.1) is 0 Å². The molecular weight excluding hydrogens is 485 g/mol. The molecule has 8 heteroatoms. The Morgan fingerprint density at radius 2 is 1.76 bits per heavy atom. The van der Waals surface area contributed by atoms with Gasteiger partial charge >= 0.3 is 0 Å². The highest BCUT2D eigenvalue weighted by atomic mass is 127. The molecule has 0 heterocycles. The number of nitrogens with one attached hydrogen (secondary N) is 2. The smallest absolute Gasteiger partial charge is 0.240 e. The second kappa shape index (κ2) is 10.8. The van der Waals surface area contributed by atoms with E-state index in [2.05, 4.69) is 38.4 Å². The molecule has 0 radical (unpaired) electrons. The molecule has 0 atom stereocenters. The van der Waals surface area contributed by atoms with Crippen LogP contribution in [0.25, 0.3) is 0 Å². The third kappa shape index (κ3) is 6.74. The van der Waals surface area contributed by atoms with E-state index >= 15 is 0 Å². The largest absolute Gasteiger partial charge is 0.497 e. The molecule has 2 aromatic carbocycles. The number of nitrogens with zero attached hydrogens (tertiary/aromatic N) is 1. The Morgan fingerprint density at radius 1 is 1.03 bits per heavy atom. The zero-order chi connectivity index (χ0) is 21.4. The summed E-state index contributed by atoms with van der Waals surface area (Å²) in [6.07, 6.45) is 0.101. The van der Waals surface area contributed by atoms with Crippen molar-refractivity contribution in [2.45, 2.75) is 26.7 Å². The summed E-state index contributed by atoms with van der Waals surface area (Å²) in [5, 5.41) is 6.93. The Kier molecular flexibility index (Phi) is 8.44. The maximum absolute atomic E-state index is 12.1. The Labute approximate surface area is 184 Å². The first kappa shape index (κ1) is 22.7. The minimum absolute atomic E-state index is 0.0335. The topological polar surface area (TPSA) is 89.0 Å². The average Bonchev–Trinajstić information content (AvgIpc) is 2.71. The first-order valence-electron chi connectivity index (χ1n) is 8.95. The number of halogens is 1. The maximum atomic E-state index is 12.1. The van der Waals surface area contributed by atoms with Gasteiger partial charge < -0.3 is 14.8 Å². The lowest BCUT2D eigenvalue weighted by Crippen LogP contribution is -2.22. The van der Waals surface area contributed by atoms with Crippen LogP contribution >= 0.6 is 22.6 Å². The van der Waals surface area contributed by atoms with Crippen LogP contribution in [-0.2, 0) is 9.59 Å². The number of hydrogen-bond acceptors (Lipinski definition) is 5. The zero-order valence-electron chi connectivity index (χ0n) is 16.8. The van der Waals surface area contributed by atoms with Crippen LogP contribution in [0.4, 0.5) is 5.69 Å². The summed E-state index contributed by atoms with van der Waals surface area (Å²) in [5.74, 6) is 0.692. The van der Waals surface area contributed by atoms with Crippen LogP contribution in [0.2, 0.25) is 0 Å². The summed E-state index contributed by atoms with van der Waals surface area (Å²) in [7, 11) is 3.13. The van der Waals surface area contributed by atoms with E-state index in [1.54, 1.807) is 39.3 Å². The van der Waals surface area contributed by atoms with E-state index in [4.69, 9.17) is 9.47 Å². The standard InChI is InChI=1S/C21H24IN3O4/c1-13-11-15(22)5-8-18(13)23-20(26)9-10-21(27)25-24-14(2)17-7-6-16(28-3)12-19(17)29-4/h5-8,11-12H,9-10H2,1-4H3,(H,23,26)(H,25,27). The van der Waals surface area contributed by atoms with Gasteiger partial charge in [0.05, 0.1) is 19.9 Å². The first-order chi connectivity index (χ1) is 13.8. The second-order valence-electron chi connectivity index (χ2n) is 6.31. The summed E-state index contributed by atoms with van der Waals surface area (Å²) in [6.45, 7) is 3.69. The van der Waals surface area contributed by atoms with E-state index in [1.165, 1.54) is 0 Å². The fourth-order valence-corrected chi connectivity index (χ4v) is 3.21. The fraction of sp³-hybridized carbons (Fsp3) is 0.286. The molecule has 2 aromatic rings. The van der Waals surface area contributed by atoms with Gasteiger partial charge in [0.15, 0.2) is 0 Å². The number of hydrazone groups is 1. The van der Waals surface area contributed by atoms with Crippen LogP contribution in [0, 0.1) is 10.5 Å². The van der Waals surface area contributed by atoms with E-state index in [0.29, 0.717) is 17.2 Å². The number of amides is 2. The minimum atomic E-state index is -0.341. The molecule has 0 unspecified atom stereocenters. The van der Waals surface area contributed by atoms with E-state index < -0.39 is 0 Å². The van der Waals surface area contributed by atoms with Crippen LogP contribution in [0.15, 0.2) is 41.5 Å². The monoisotopic (exact) mass is 509 g/mol. The van der Waals surface area contributed by atoms with Crippen molar-refractivity contribution in [1.82, 2.24) is 5.43 Å². The van der Waals surface area contributed by atoms with Crippen molar-refractivity contribution >= 4 is 45.8 Å². The summed E-state index contributed by atoms with van der Waals surface area (Å²) >= 11 is 2.22. The van der Waals surface area contributed by atoms with Gasteiger partial charge in [-0.1, -0.05) is 0 Å². The highest BCUT2D eigenvalue weighted by molar-refractivity contribution is 14.1. The van der Waals surface area contributed by atoms with Crippen LogP contribution in [-0.4, -0.2) is 31.7 Å². The molecule has 0 aliphatic carbocycles. The number of anilines is 1. The predicted octanol–water partition coefficient (Wildman–Crippen LogP) is 3.88. The van der Waals surface area contributed by atoms with Gasteiger partial charge in [0.25, 0.3) is 0 Å². The number of methoxy groups -OCH3 is 2. The molecule has 0 aliphatic heterocycles. The van der Waals surface area contributed by atoms with Crippen molar-refractivity contribution in [3.63, 3.8) is 0 Å². The maximum Gasteiger partial charge on any atom is 0.240 e. The Balaban J connectivity index is 1.89. The third-order valence-electron chi connectivity index (χ3n) is 4.19. The summed E-state index contributed by atoms with van der Waals surface area (Å²) in [6, 6.07) is 11.1. The molecule has 0 aromatic heterocycles. The number of ether oxygens (including phenoxy) is 2. The highest BCUT2D eigenvalue weighted by Crippen LogP contribution is 2.25. The van der Waals surface area contributed by atoms with Gasteiger partial charge in [-0.3, -0.25) is 9.59 Å². The average molecular weight is 509 g/mol. The lowest BCUT2D eigenvalue weighted by atomic mass is 10.1. The van der Waals surface area contributed by atoms with Crippen molar-refractivity contribution in [3.05, 3.63) is 51.1 Å². The van der Waals surface area contributed by atoms with Crippen LogP contribution in [0.3, 0.4) is 0 Å². The normalized spacial score (nSPS) is 11.0. The van der Waals surface area contributed by atoms with Crippen molar-refractivity contribution in [1.29, 1.82) is 0 Å². The third-order valence-corrected chi connectivity index (χ3v) is 4.86. The molecule has 2 rings (SSSR count). The number of hydrogen-bond donors (Lipinski definition) is 2. The van der Waals surface area contributed by atoms with Crippen LogP contribution in [0.5, 0.6) is 11.5 Å². The second-order valence-corrected chi connectivity index (χ2v) is 7.55. The molecule has 7 nitrogen and oxygen atoms in total.